The summed E-state index contributed by atoms with van der Waals surface area (Å²) in [6.45, 7) is 5.22. The van der Waals surface area contributed by atoms with Crippen LogP contribution in [0.25, 0.3) is 0 Å². The molecule has 4 nitrogen and oxygen atoms in total. The Morgan fingerprint density at radius 3 is 2.59 bits per heavy atom. The molecule has 0 aliphatic heterocycles. The summed E-state index contributed by atoms with van der Waals surface area (Å²) in [5, 5.41) is 10.3. The molecule has 94 valence electrons. The van der Waals surface area contributed by atoms with Crippen molar-refractivity contribution in [2.24, 2.45) is 5.92 Å². The van der Waals surface area contributed by atoms with E-state index in [4.69, 9.17) is 4.74 Å². The van der Waals surface area contributed by atoms with Gasteiger partial charge < -0.3 is 9.84 Å². The van der Waals surface area contributed by atoms with Crippen LogP contribution >= 0.6 is 0 Å². The standard InChI is InChI=1S/C13H18O4/c1-8(2)10(14)7-13(16)6-9(3)5-11(17-4)12(13)15/h5-6,8,16H,7H2,1-4H3. The number of allylic oxidation sites excluding steroid dienone is 2. The highest BCUT2D eigenvalue weighted by Crippen LogP contribution is 2.27. The van der Waals surface area contributed by atoms with E-state index < -0.39 is 11.4 Å². The lowest BCUT2D eigenvalue weighted by molar-refractivity contribution is -0.138. The van der Waals surface area contributed by atoms with Crippen LogP contribution in [0.3, 0.4) is 0 Å². The monoisotopic (exact) mass is 238 g/mol. The predicted octanol–water partition coefficient (Wildman–Crippen LogP) is 1.39. The first kappa shape index (κ1) is 13.6. The van der Waals surface area contributed by atoms with E-state index in [0.29, 0.717) is 5.57 Å². The van der Waals surface area contributed by atoms with Crippen molar-refractivity contribution in [3.63, 3.8) is 0 Å². The van der Waals surface area contributed by atoms with Crippen LogP contribution in [0.5, 0.6) is 0 Å². The van der Waals surface area contributed by atoms with Crippen LogP contribution in [-0.2, 0) is 14.3 Å². The summed E-state index contributed by atoms with van der Waals surface area (Å²) in [6, 6.07) is 0. The fourth-order valence-corrected chi connectivity index (χ4v) is 1.72. The van der Waals surface area contributed by atoms with Gasteiger partial charge in [0.05, 0.1) is 7.11 Å². The lowest BCUT2D eigenvalue weighted by atomic mass is 9.83. The molecular weight excluding hydrogens is 220 g/mol. The van der Waals surface area contributed by atoms with Gasteiger partial charge in [0.15, 0.2) is 11.4 Å². The van der Waals surface area contributed by atoms with Gasteiger partial charge in [-0.2, -0.15) is 0 Å². The van der Waals surface area contributed by atoms with Gasteiger partial charge in [0.2, 0.25) is 5.78 Å². The van der Waals surface area contributed by atoms with E-state index in [2.05, 4.69) is 0 Å². The predicted molar refractivity (Wildman–Crippen MR) is 63.3 cm³/mol. The Morgan fingerprint density at radius 2 is 2.12 bits per heavy atom. The molecule has 0 heterocycles. The zero-order valence-electron chi connectivity index (χ0n) is 10.6. The summed E-state index contributed by atoms with van der Waals surface area (Å²) in [4.78, 5) is 23.6. The summed E-state index contributed by atoms with van der Waals surface area (Å²) in [5.74, 6) is -0.830. The highest BCUT2D eigenvalue weighted by atomic mass is 16.5. The van der Waals surface area contributed by atoms with Crippen LogP contribution in [-0.4, -0.2) is 29.4 Å². The Kier molecular flexibility index (Phi) is 3.88. The van der Waals surface area contributed by atoms with E-state index in [1.54, 1.807) is 26.8 Å². The van der Waals surface area contributed by atoms with Crippen molar-refractivity contribution < 1.29 is 19.4 Å². The van der Waals surface area contributed by atoms with Crippen molar-refractivity contribution in [2.45, 2.75) is 32.8 Å². The maximum atomic E-state index is 11.9. The largest absolute Gasteiger partial charge is 0.493 e. The van der Waals surface area contributed by atoms with Gasteiger partial charge in [-0.15, -0.1) is 0 Å². The van der Waals surface area contributed by atoms with Gasteiger partial charge in [0, 0.05) is 12.3 Å². The Morgan fingerprint density at radius 1 is 1.53 bits per heavy atom. The molecule has 17 heavy (non-hydrogen) atoms. The molecule has 0 saturated heterocycles. The van der Waals surface area contributed by atoms with Crippen molar-refractivity contribution in [2.75, 3.05) is 7.11 Å². The molecule has 0 amide bonds. The van der Waals surface area contributed by atoms with Crippen LogP contribution in [0.1, 0.15) is 27.2 Å². The molecule has 1 N–H and O–H groups in total. The zero-order chi connectivity index (χ0) is 13.2. The van der Waals surface area contributed by atoms with E-state index >= 15 is 0 Å². The second-order valence-corrected chi connectivity index (χ2v) is 4.65. The van der Waals surface area contributed by atoms with E-state index in [1.807, 2.05) is 0 Å². The Labute approximate surface area is 101 Å². The highest BCUT2D eigenvalue weighted by molar-refractivity contribution is 6.06. The molecule has 1 unspecified atom stereocenters. The fraction of sp³-hybridized carbons (Fsp3) is 0.538. The van der Waals surface area contributed by atoms with Crippen LogP contribution < -0.4 is 0 Å². The Balaban J connectivity index is 3.01. The third-order valence-electron chi connectivity index (χ3n) is 2.75. The van der Waals surface area contributed by atoms with Crippen LogP contribution in [0.4, 0.5) is 0 Å². The number of aliphatic hydroxyl groups is 1. The number of methoxy groups -OCH3 is 1. The molecule has 0 aromatic carbocycles. The van der Waals surface area contributed by atoms with Gasteiger partial charge in [-0.1, -0.05) is 13.8 Å². The quantitative estimate of drug-likeness (QED) is 0.804. The SMILES string of the molecule is COC1=CC(C)=CC(O)(CC(=O)C(C)C)C1=O. The Bertz CT molecular complexity index is 404. The summed E-state index contributed by atoms with van der Waals surface area (Å²) < 4.78 is 4.91. The normalized spacial score (nSPS) is 24.5. The molecular formula is C13H18O4. The summed E-state index contributed by atoms with van der Waals surface area (Å²) in [6.07, 6.45) is 2.76. The number of ketones is 2. The number of Topliss-reactive ketones (excluding diaryl/α,β-unsaturated/α-hetero) is 2. The van der Waals surface area contributed by atoms with Gasteiger partial charge >= 0.3 is 0 Å². The molecule has 1 aliphatic carbocycles. The first-order valence-corrected chi connectivity index (χ1v) is 5.55. The number of carbonyl (C=O) groups is 2. The molecule has 0 aromatic rings. The molecule has 1 aliphatic rings. The maximum absolute atomic E-state index is 11.9. The van der Waals surface area contributed by atoms with Crippen molar-refractivity contribution in [3.05, 3.63) is 23.5 Å². The molecule has 1 rings (SSSR count). The highest BCUT2D eigenvalue weighted by Gasteiger charge is 2.41. The summed E-state index contributed by atoms with van der Waals surface area (Å²) >= 11 is 0. The van der Waals surface area contributed by atoms with Gasteiger partial charge in [-0.05, 0) is 24.6 Å². The van der Waals surface area contributed by atoms with Gasteiger partial charge in [0.1, 0.15) is 5.78 Å². The van der Waals surface area contributed by atoms with Gasteiger partial charge in [-0.3, -0.25) is 9.59 Å². The molecule has 1 atom stereocenters. The van der Waals surface area contributed by atoms with Crippen molar-refractivity contribution in [3.8, 4) is 0 Å². The van der Waals surface area contributed by atoms with Crippen LogP contribution in [0.2, 0.25) is 0 Å². The summed E-state index contributed by atoms with van der Waals surface area (Å²) in [5.41, 5.74) is -1.05. The third-order valence-corrected chi connectivity index (χ3v) is 2.75. The second-order valence-electron chi connectivity index (χ2n) is 4.65. The maximum Gasteiger partial charge on any atom is 0.233 e. The van der Waals surface area contributed by atoms with Crippen molar-refractivity contribution in [1.29, 1.82) is 0 Å². The lowest BCUT2D eigenvalue weighted by Crippen LogP contribution is -2.42. The van der Waals surface area contributed by atoms with E-state index in [0.717, 1.165) is 0 Å². The fourth-order valence-electron chi connectivity index (χ4n) is 1.72. The smallest absolute Gasteiger partial charge is 0.233 e. The number of hydrogen-bond acceptors (Lipinski definition) is 4. The second kappa shape index (κ2) is 4.84. The number of ether oxygens (including phenoxy) is 1. The van der Waals surface area contributed by atoms with Gasteiger partial charge in [-0.25, -0.2) is 0 Å². The minimum absolute atomic E-state index is 0.0871. The molecule has 0 bridgehead atoms. The van der Waals surface area contributed by atoms with E-state index in [-0.39, 0.29) is 23.9 Å². The minimum atomic E-state index is -1.76. The van der Waals surface area contributed by atoms with Crippen molar-refractivity contribution in [1.82, 2.24) is 0 Å². The number of rotatable bonds is 4. The molecule has 0 spiro atoms. The average Bonchev–Trinajstić information content (AvgIpc) is 2.23. The van der Waals surface area contributed by atoms with Crippen molar-refractivity contribution >= 4 is 11.6 Å². The van der Waals surface area contributed by atoms with E-state index in [1.165, 1.54) is 13.2 Å². The lowest BCUT2D eigenvalue weighted by Gasteiger charge is -2.27. The first-order chi connectivity index (χ1) is 7.80. The first-order valence-electron chi connectivity index (χ1n) is 5.55. The molecule has 0 radical (unpaired) electrons. The third kappa shape index (κ3) is 2.82. The zero-order valence-corrected chi connectivity index (χ0v) is 10.6. The molecule has 0 fully saturated rings. The van der Waals surface area contributed by atoms with Gasteiger partial charge in [0.25, 0.3) is 0 Å². The average molecular weight is 238 g/mol. The molecule has 4 heteroatoms. The topological polar surface area (TPSA) is 63.6 Å². The number of hydrogen-bond donors (Lipinski definition) is 1. The van der Waals surface area contributed by atoms with Crippen LogP contribution in [0, 0.1) is 5.92 Å². The molecule has 0 saturated carbocycles. The summed E-state index contributed by atoms with van der Waals surface area (Å²) in [7, 11) is 1.37. The Hall–Kier alpha value is -1.42. The van der Waals surface area contributed by atoms with E-state index in [9.17, 15) is 14.7 Å². The minimum Gasteiger partial charge on any atom is -0.493 e. The van der Waals surface area contributed by atoms with Crippen LogP contribution in [0.15, 0.2) is 23.5 Å². The molecule has 0 aromatic heterocycles. The number of carbonyl (C=O) groups excluding carboxylic acids is 2.